The van der Waals surface area contributed by atoms with Crippen LogP contribution in [-0.2, 0) is 0 Å². The first kappa shape index (κ1) is 7.93. The van der Waals surface area contributed by atoms with Crippen molar-refractivity contribution in [2.75, 3.05) is 0 Å². The van der Waals surface area contributed by atoms with Crippen molar-refractivity contribution >= 4 is 11.8 Å². The van der Waals surface area contributed by atoms with Gasteiger partial charge in [-0.2, -0.15) is 0 Å². The maximum absolute atomic E-state index is 2.32. The summed E-state index contributed by atoms with van der Waals surface area (Å²) in [5, 5.41) is 0. The van der Waals surface area contributed by atoms with E-state index in [1.165, 1.54) is 12.8 Å². The molecule has 1 aliphatic heterocycles. The summed E-state index contributed by atoms with van der Waals surface area (Å²) in [7, 11) is 0. The molecule has 0 bridgehead atoms. The van der Waals surface area contributed by atoms with Gasteiger partial charge in [-0.1, -0.05) is 37.8 Å². The average molecular weight is 154 g/mol. The molecule has 0 fully saturated rings. The molecule has 1 aliphatic rings. The summed E-state index contributed by atoms with van der Waals surface area (Å²) in [5.74, 6) is 0. The van der Waals surface area contributed by atoms with Crippen LogP contribution in [0, 0.1) is 0 Å². The monoisotopic (exact) mass is 154 g/mol. The molecule has 0 aromatic heterocycles. The molecule has 0 aliphatic carbocycles. The molecule has 1 heterocycles. The van der Waals surface area contributed by atoms with Crippen LogP contribution >= 0.6 is 11.8 Å². The van der Waals surface area contributed by atoms with Gasteiger partial charge in [-0.25, -0.2) is 0 Å². The van der Waals surface area contributed by atoms with Crippen LogP contribution in [0.4, 0.5) is 0 Å². The Labute approximate surface area is 67.4 Å². The molecule has 0 radical (unpaired) electrons. The van der Waals surface area contributed by atoms with Gasteiger partial charge in [0.05, 0.1) is 0 Å². The summed E-state index contributed by atoms with van der Waals surface area (Å²) < 4.78 is 0. The lowest BCUT2D eigenvalue weighted by Crippen LogP contribution is -1.84. The number of allylic oxidation sites excluding steroid dienone is 4. The normalized spacial score (nSPS) is 18.2. The molecule has 0 aromatic rings. The van der Waals surface area contributed by atoms with E-state index in [1.807, 2.05) is 11.8 Å². The SMILES string of the molecule is CCC1=CCC=C(CC)S1. The van der Waals surface area contributed by atoms with Crippen molar-refractivity contribution in [3.8, 4) is 0 Å². The summed E-state index contributed by atoms with van der Waals surface area (Å²) in [5.41, 5.74) is 0. The molecule has 0 saturated heterocycles. The second-order valence-corrected chi connectivity index (χ2v) is 3.64. The molecule has 10 heavy (non-hydrogen) atoms. The Balaban J connectivity index is 2.49. The molecule has 0 atom stereocenters. The molecule has 0 amide bonds. The van der Waals surface area contributed by atoms with Crippen molar-refractivity contribution < 1.29 is 0 Å². The van der Waals surface area contributed by atoms with E-state index in [2.05, 4.69) is 26.0 Å². The highest BCUT2D eigenvalue weighted by Gasteiger charge is 2.03. The molecule has 1 rings (SSSR count). The maximum Gasteiger partial charge on any atom is -0.0145 e. The van der Waals surface area contributed by atoms with Gasteiger partial charge >= 0.3 is 0 Å². The van der Waals surface area contributed by atoms with Gasteiger partial charge in [-0.05, 0) is 29.1 Å². The van der Waals surface area contributed by atoms with Crippen molar-refractivity contribution in [1.29, 1.82) is 0 Å². The van der Waals surface area contributed by atoms with E-state index in [-0.39, 0.29) is 0 Å². The van der Waals surface area contributed by atoms with E-state index in [0.717, 1.165) is 6.42 Å². The van der Waals surface area contributed by atoms with Gasteiger partial charge in [0, 0.05) is 0 Å². The van der Waals surface area contributed by atoms with Crippen LogP contribution < -0.4 is 0 Å². The van der Waals surface area contributed by atoms with Crippen LogP contribution in [0.2, 0.25) is 0 Å². The fourth-order valence-electron chi connectivity index (χ4n) is 1.01. The molecule has 0 N–H and O–H groups in total. The fraction of sp³-hybridized carbons (Fsp3) is 0.556. The highest BCUT2D eigenvalue weighted by molar-refractivity contribution is 8.06. The Bertz CT molecular complexity index is 148. The third kappa shape index (κ3) is 1.91. The van der Waals surface area contributed by atoms with Crippen LogP contribution in [0.15, 0.2) is 22.0 Å². The molecular weight excluding hydrogens is 140 g/mol. The summed E-state index contributed by atoms with van der Waals surface area (Å²) in [6, 6.07) is 0. The van der Waals surface area contributed by atoms with Crippen molar-refractivity contribution in [3.63, 3.8) is 0 Å². The lowest BCUT2D eigenvalue weighted by Gasteiger charge is -2.10. The Kier molecular flexibility index (Phi) is 3.07. The maximum atomic E-state index is 2.32. The second kappa shape index (κ2) is 3.87. The van der Waals surface area contributed by atoms with Gasteiger partial charge < -0.3 is 0 Å². The second-order valence-electron chi connectivity index (χ2n) is 2.39. The Morgan fingerprint density at radius 3 is 2.10 bits per heavy atom. The summed E-state index contributed by atoms with van der Waals surface area (Å²) in [4.78, 5) is 3.08. The number of thioether (sulfide) groups is 1. The molecule has 0 aromatic carbocycles. The Morgan fingerprint density at radius 1 is 1.20 bits per heavy atom. The summed E-state index contributed by atoms with van der Waals surface area (Å²) >= 11 is 1.95. The first-order valence-corrected chi connectivity index (χ1v) is 4.74. The zero-order chi connectivity index (χ0) is 7.40. The first-order chi connectivity index (χ1) is 4.86. The van der Waals surface area contributed by atoms with Crippen molar-refractivity contribution in [2.24, 2.45) is 0 Å². The highest BCUT2D eigenvalue weighted by Crippen LogP contribution is 2.33. The Morgan fingerprint density at radius 2 is 1.70 bits per heavy atom. The van der Waals surface area contributed by atoms with Crippen LogP contribution in [0.5, 0.6) is 0 Å². The molecule has 56 valence electrons. The van der Waals surface area contributed by atoms with Crippen LogP contribution in [0.25, 0.3) is 0 Å². The van der Waals surface area contributed by atoms with E-state index in [1.54, 1.807) is 9.81 Å². The predicted octanol–water partition coefficient (Wildman–Crippen LogP) is 3.71. The smallest absolute Gasteiger partial charge is 0.0145 e. The number of hydrogen-bond donors (Lipinski definition) is 0. The van der Waals surface area contributed by atoms with Crippen molar-refractivity contribution in [1.82, 2.24) is 0 Å². The quantitative estimate of drug-likeness (QED) is 0.584. The summed E-state index contributed by atoms with van der Waals surface area (Å²) in [6.45, 7) is 4.44. The van der Waals surface area contributed by atoms with E-state index >= 15 is 0 Å². The van der Waals surface area contributed by atoms with Gasteiger partial charge in [0.1, 0.15) is 0 Å². The third-order valence-electron chi connectivity index (χ3n) is 1.65. The summed E-state index contributed by atoms with van der Waals surface area (Å²) in [6.07, 6.45) is 8.19. The molecule has 1 heteroatoms. The fourth-order valence-corrected chi connectivity index (χ4v) is 1.99. The zero-order valence-electron chi connectivity index (χ0n) is 6.68. The third-order valence-corrected chi connectivity index (χ3v) is 3.09. The zero-order valence-corrected chi connectivity index (χ0v) is 7.50. The highest BCUT2D eigenvalue weighted by atomic mass is 32.2. The molecule has 0 nitrogen and oxygen atoms in total. The number of hydrogen-bond acceptors (Lipinski definition) is 1. The minimum atomic E-state index is 1.15. The molecule has 0 unspecified atom stereocenters. The lowest BCUT2D eigenvalue weighted by atomic mass is 10.3. The minimum Gasteiger partial charge on any atom is -0.0997 e. The van der Waals surface area contributed by atoms with Crippen LogP contribution in [0.3, 0.4) is 0 Å². The van der Waals surface area contributed by atoms with Gasteiger partial charge in [0.2, 0.25) is 0 Å². The standard InChI is InChI=1S/C9H14S/c1-3-8-6-5-7-9(4-2)10-8/h6-7H,3-5H2,1-2H3. The van der Waals surface area contributed by atoms with Gasteiger partial charge in [-0.15, -0.1) is 0 Å². The predicted molar refractivity (Wildman–Crippen MR) is 49.0 cm³/mol. The molecule has 0 saturated carbocycles. The van der Waals surface area contributed by atoms with E-state index in [0.29, 0.717) is 0 Å². The van der Waals surface area contributed by atoms with Crippen molar-refractivity contribution in [3.05, 3.63) is 22.0 Å². The molecular formula is C9H14S. The van der Waals surface area contributed by atoms with Gasteiger partial charge in [-0.3, -0.25) is 0 Å². The largest absolute Gasteiger partial charge is 0.0997 e. The van der Waals surface area contributed by atoms with Gasteiger partial charge in [0.15, 0.2) is 0 Å². The molecule has 0 spiro atoms. The lowest BCUT2D eigenvalue weighted by molar-refractivity contribution is 1.13. The van der Waals surface area contributed by atoms with Crippen molar-refractivity contribution in [2.45, 2.75) is 33.1 Å². The first-order valence-electron chi connectivity index (χ1n) is 3.92. The van der Waals surface area contributed by atoms with E-state index < -0.39 is 0 Å². The van der Waals surface area contributed by atoms with Crippen LogP contribution in [-0.4, -0.2) is 0 Å². The minimum absolute atomic E-state index is 1.15. The average Bonchev–Trinajstić information content (AvgIpc) is 2.05. The van der Waals surface area contributed by atoms with E-state index in [4.69, 9.17) is 0 Å². The number of rotatable bonds is 2. The van der Waals surface area contributed by atoms with Crippen LogP contribution in [0.1, 0.15) is 33.1 Å². The Hall–Kier alpha value is -0.170. The topological polar surface area (TPSA) is 0 Å². The van der Waals surface area contributed by atoms with E-state index in [9.17, 15) is 0 Å². The van der Waals surface area contributed by atoms with Gasteiger partial charge in [0.25, 0.3) is 0 Å².